The summed E-state index contributed by atoms with van der Waals surface area (Å²) in [6.45, 7) is 6.69. The van der Waals surface area contributed by atoms with Gasteiger partial charge in [-0.1, -0.05) is 63.2 Å². The Kier molecular flexibility index (Phi) is 3.13. The number of hydrogen-bond acceptors (Lipinski definition) is 1. The monoisotopic (exact) mass is 264 g/mol. The van der Waals surface area contributed by atoms with Crippen molar-refractivity contribution in [2.24, 2.45) is 0 Å². The van der Waals surface area contributed by atoms with Crippen LogP contribution in [0.25, 0.3) is 6.08 Å². The molecule has 0 saturated heterocycles. The molecule has 0 N–H and O–H groups in total. The minimum Gasteiger partial charge on any atom is -0.481 e. The summed E-state index contributed by atoms with van der Waals surface area (Å²) in [5.74, 6) is 0.967. The molecule has 2 aromatic rings. The molecule has 1 unspecified atom stereocenters. The smallest absolute Gasteiger partial charge is 0.142 e. The summed E-state index contributed by atoms with van der Waals surface area (Å²) in [6, 6.07) is 16.8. The molecule has 0 fully saturated rings. The summed E-state index contributed by atoms with van der Waals surface area (Å²) in [5.41, 5.74) is 3.86. The van der Waals surface area contributed by atoms with Crippen LogP contribution in [-0.4, -0.2) is 0 Å². The molecule has 3 rings (SSSR count). The summed E-state index contributed by atoms with van der Waals surface area (Å²) in [5, 5.41) is 0. The second-order valence-corrected chi connectivity index (χ2v) is 6.31. The molecule has 1 heterocycles. The third-order valence-corrected chi connectivity index (χ3v) is 3.71. The van der Waals surface area contributed by atoms with Crippen LogP contribution in [0.4, 0.5) is 0 Å². The molecule has 102 valence electrons. The quantitative estimate of drug-likeness (QED) is 0.693. The molecule has 0 radical (unpaired) electrons. The number of ether oxygens (including phenoxy) is 1. The second-order valence-electron chi connectivity index (χ2n) is 6.31. The predicted molar refractivity (Wildman–Crippen MR) is 84.0 cm³/mol. The van der Waals surface area contributed by atoms with Crippen LogP contribution in [0, 0.1) is 0 Å². The van der Waals surface area contributed by atoms with E-state index in [-0.39, 0.29) is 11.5 Å². The van der Waals surface area contributed by atoms with Gasteiger partial charge in [0.15, 0.2) is 0 Å². The molecule has 2 aromatic carbocycles. The highest BCUT2D eigenvalue weighted by Crippen LogP contribution is 2.35. The van der Waals surface area contributed by atoms with E-state index >= 15 is 0 Å². The Bertz CT molecular complexity index is 633. The van der Waals surface area contributed by atoms with Crippen LogP contribution in [0.3, 0.4) is 0 Å². The van der Waals surface area contributed by atoms with E-state index < -0.39 is 0 Å². The molecule has 1 atom stereocenters. The van der Waals surface area contributed by atoms with Crippen molar-refractivity contribution >= 4 is 6.08 Å². The Morgan fingerprint density at radius 3 is 2.40 bits per heavy atom. The number of fused-ring (bicyclic) bond motifs is 1. The van der Waals surface area contributed by atoms with E-state index in [1.165, 1.54) is 16.7 Å². The molecule has 1 nitrogen and oxygen atoms in total. The van der Waals surface area contributed by atoms with Gasteiger partial charge in [-0.2, -0.15) is 0 Å². The van der Waals surface area contributed by atoms with E-state index in [1.807, 2.05) is 18.2 Å². The number of hydrogen-bond donors (Lipinski definition) is 0. The average molecular weight is 264 g/mol. The zero-order valence-electron chi connectivity index (χ0n) is 12.3. The summed E-state index contributed by atoms with van der Waals surface area (Å²) in [6.07, 6.45) is 4.32. The Morgan fingerprint density at radius 1 is 0.950 bits per heavy atom. The lowest BCUT2D eigenvalue weighted by Crippen LogP contribution is -2.13. The molecular formula is C19H20O. The van der Waals surface area contributed by atoms with E-state index in [0.717, 1.165) is 5.75 Å². The van der Waals surface area contributed by atoms with Crippen LogP contribution in [0.5, 0.6) is 5.75 Å². The highest BCUT2D eigenvalue weighted by Gasteiger charge is 2.19. The minimum absolute atomic E-state index is 0.0178. The third kappa shape index (κ3) is 2.49. The SMILES string of the molecule is CC(C)(C)c1ccc2c(c1)C=CC(c1ccccc1)O2. The van der Waals surface area contributed by atoms with Crippen LogP contribution < -0.4 is 4.74 Å². The van der Waals surface area contributed by atoms with Crippen molar-refractivity contribution in [3.8, 4) is 5.75 Å². The van der Waals surface area contributed by atoms with Crippen LogP contribution in [0.1, 0.15) is 43.6 Å². The fourth-order valence-electron chi connectivity index (χ4n) is 2.44. The molecule has 0 amide bonds. The molecule has 1 aliphatic heterocycles. The predicted octanol–water partition coefficient (Wildman–Crippen LogP) is 5.13. The van der Waals surface area contributed by atoms with Crippen molar-refractivity contribution in [1.82, 2.24) is 0 Å². The molecule has 0 saturated carbocycles. The first-order valence-electron chi connectivity index (χ1n) is 7.08. The van der Waals surface area contributed by atoms with Gasteiger partial charge in [0, 0.05) is 5.56 Å². The van der Waals surface area contributed by atoms with E-state index in [1.54, 1.807) is 0 Å². The van der Waals surface area contributed by atoms with Crippen molar-refractivity contribution in [1.29, 1.82) is 0 Å². The molecule has 1 aliphatic rings. The van der Waals surface area contributed by atoms with Gasteiger partial charge in [-0.3, -0.25) is 0 Å². The first-order valence-corrected chi connectivity index (χ1v) is 7.08. The van der Waals surface area contributed by atoms with Crippen LogP contribution in [0.15, 0.2) is 54.6 Å². The molecule has 1 heteroatoms. The van der Waals surface area contributed by atoms with Crippen LogP contribution in [-0.2, 0) is 5.41 Å². The largest absolute Gasteiger partial charge is 0.481 e. The highest BCUT2D eigenvalue weighted by molar-refractivity contribution is 5.62. The van der Waals surface area contributed by atoms with Crippen molar-refractivity contribution in [2.75, 3.05) is 0 Å². The Balaban J connectivity index is 1.91. The van der Waals surface area contributed by atoms with Gasteiger partial charge in [-0.05, 0) is 34.8 Å². The first-order chi connectivity index (χ1) is 9.54. The fourth-order valence-corrected chi connectivity index (χ4v) is 2.44. The summed E-state index contributed by atoms with van der Waals surface area (Å²) >= 11 is 0. The maximum atomic E-state index is 6.10. The number of benzene rings is 2. The van der Waals surface area contributed by atoms with Gasteiger partial charge in [0.2, 0.25) is 0 Å². The van der Waals surface area contributed by atoms with Crippen molar-refractivity contribution < 1.29 is 4.74 Å². The van der Waals surface area contributed by atoms with E-state index in [2.05, 4.69) is 63.3 Å². The summed E-state index contributed by atoms with van der Waals surface area (Å²) < 4.78 is 6.10. The van der Waals surface area contributed by atoms with Gasteiger partial charge in [-0.25, -0.2) is 0 Å². The maximum Gasteiger partial charge on any atom is 0.142 e. The molecule has 0 aromatic heterocycles. The lowest BCUT2D eigenvalue weighted by atomic mass is 9.85. The van der Waals surface area contributed by atoms with Gasteiger partial charge < -0.3 is 4.74 Å². The van der Waals surface area contributed by atoms with Crippen molar-refractivity contribution in [2.45, 2.75) is 32.3 Å². The van der Waals surface area contributed by atoms with E-state index in [0.29, 0.717) is 0 Å². The molecule has 0 spiro atoms. The standard InChI is InChI=1S/C19H20O/c1-19(2,3)16-10-12-18-15(13-16)9-11-17(20-18)14-7-5-4-6-8-14/h4-13,17H,1-3H3. The lowest BCUT2D eigenvalue weighted by Gasteiger charge is -2.25. The molecule has 0 aliphatic carbocycles. The summed E-state index contributed by atoms with van der Waals surface area (Å²) in [4.78, 5) is 0. The lowest BCUT2D eigenvalue weighted by molar-refractivity contribution is 0.251. The number of rotatable bonds is 1. The zero-order chi connectivity index (χ0) is 14.2. The van der Waals surface area contributed by atoms with Gasteiger partial charge in [-0.15, -0.1) is 0 Å². The zero-order valence-corrected chi connectivity index (χ0v) is 12.3. The van der Waals surface area contributed by atoms with Gasteiger partial charge in [0.25, 0.3) is 0 Å². The van der Waals surface area contributed by atoms with Crippen molar-refractivity contribution in [3.05, 3.63) is 71.3 Å². The molecular weight excluding hydrogens is 244 g/mol. The minimum atomic E-state index is 0.0178. The molecule has 0 bridgehead atoms. The fraction of sp³-hybridized carbons (Fsp3) is 0.263. The van der Waals surface area contributed by atoms with Crippen LogP contribution in [0.2, 0.25) is 0 Å². The molecule has 20 heavy (non-hydrogen) atoms. The first kappa shape index (κ1) is 13.0. The maximum absolute atomic E-state index is 6.10. The normalized spacial score (nSPS) is 17.4. The van der Waals surface area contributed by atoms with Gasteiger partial charge in [0.1, 0.15) is 11.9 Å². The Labute approximate surface area is 120 Å². The Hall–Kier alpha value is -2.02. The van der Waals surface area contributed by atoms with Crippen LogP contribution >= 0.6 is 0 Å². The Morgan fingerprint density at radius 2 is 1.70 bits per heavy atom. The van der Waals surface area contributed by atoms with Gasteiger partial charge in [0.05, 0.1) is 0 Å². The highest BCUT2D eigenvalue weighted by atomic mass is 16.5. The van der Waals surface area contributed by atoms with E-state index in [9.17, 15) is 0 Å². The topological polar surface area (TPSA) is 9.23 Å². The third-order valence-electron chi connectivity index (χ3n) is 3.71. The second kappa shape index (κ2) is 4.82. The van der Waals surface area contributed by atoms with Crippen molar-refractivity contribution in [3.63, 3.8) is 0 Å². The average Bonchev–Trinajstić information content (AvgIpc) is 2.46. The summed E-state index contributed by atoms with van der Waals surface area (Å²) in [7, 11) is 0. The van der Waals surface area contributed by atoms with E-state index in [4.69, 9.17) is 4.74 Å². The van der Waals surface area contributed by atoms with Gasteiger partial charge >= 0.3 is 0 Å².